The number of fused-ring (bicyclic) bond motifs is 1. The fourth-order valence-corrected chi connectivity index (χ4v) is 1.40. The Kier molecular flexibility index (Phi) is 2.03. The first kappa shape index (κ1) is 9.45. The van der Waals surface area contributed by atoms with Crippen molar-refractivity contribution in [1.82, 2.24) is 19.5 Å². The summed E-state index contributed by atoms with van der Waals surface area (Å²) in [5.74, 6) is 0.777. The molecule has 2 aromatic rings. The van der Waals surface area contributed by atoms with Crippen LogP contribution in [0.2, 0.25) is 0 Å². The number of aromatic nitrogens is 4. The number of aromatic amines is 1. The quantitative estimate of drug-likeness (QED) is 0.699. The number of anilines is 1. The van der Waals surface area contributed by atoms with Gasteiger partial charge in [0.1, 0.15) is 5.82 Å². The van der Waals surface area contributed by atoms with Gasteiger partial charge in [-0.1, -0.05) is 6.08 Å². The highest BCUT2D eigenvalue weighted by Crippen LogP contribution is 2.10. The number of H-pyrrole nitrogens is 1. The van der Waals surface area contributed by atoms with E-state index < -0.39 is 0 Å². The number of allylic oxidation sites excluding steroid dienone is 1. The minimum Gasteiger partial charge on any atom is -0.369 e. The van der Waals surface area contributed by atoms with Gasteiger partial charge >= 0.3 is 0 Å². The van der Waals surface area contributed by atoms with Crippen molar-refractivity contribution in [3.05, 3.63) is 22.3 Å². The van der Waals surface area contributed by atoms with E-state index in [2.05, 4.69) is 15.0 Å². The van der Waals surface area contributed by atoms with Crippen LogP contribution in [-0.4, -0.2) is 19.5 Å². The summed E-state index contributed by atoms with van der Waals surface area (Å²) in [6, 6.07) is 0. The fourth-order valence-electron chi connectivity index (χ4n) is 1.40. The van der Waals surface area contributed by atoms with Crippen LogP contribution in [0.3, 0.4) is 0 Å². The Morgan fingerprint density at radius 3 is 2.87 bits per heavy atom. The molecular weight excluding hydrogens is 194 g/mol. The molecule has 78 valence electrons. The first-order chi connectivity index (χ1) is 7.13. The molecule has 2 heterocycles. The van der Waals surface area contributed by atoms with Crippen molar-refractivity contribution in [2.24, 2.45) is 7.05 Å². The second kappa shape index (κ2) is 3.23. The van der Waals surface area contributed by atoms with Crippen molar-refractivity contribution in [2.75, 3.05) is 5.73 Å². The molecule has 0 aliphatic heterocycles. The predicted molar refractivity (Wildman–Crippen MR) is 58.3 cm³/mol. The molecule has 2 aromatic heterocycles. The van der Waals surface area contributed by atoms with Gasteiger partial charge in [-0.15, -0.1) is 0 Å². The van der Waals surface area contributed by atoms with Crippen LogP contribution in [0.5, 0.6) is 0 Å². The summed E-state index contributed by atoms with van der Waals surface area (Å²) < 4.78 is 1.72. The first-order valence-electron chi connectivity index (χ1n) is 4.48. The van der Waals surface area contributed by atoms with Gasteiger partial charge in [-0.05, 0) is 13.0 Å². The van der Waals surface area contributed by atoms with E-state index in [1.54, 1.807) is 17.7 Å². The van der Waals surface area contributed by atoms with Gasteiger partial charge < -0.3 is 10.3 Å². The lowest BCUT2D eigenvalue weighted by Gasteiger charge is -1.96. The summed E-state index contributed by atoms with van der Waals surface area (Å²) in [4.78, 5) is 22.1. The average Bonchev–Trinajstić information content (AvgIpc) is 2.47. The smallest absolute Gasteiger partial charge is 0.280 e. The van der Waals surface area contributed by atoms with Gasteiger partial charge in [0.2, 0.25) is 5.95 Å². The van der Waals surface area contributed by atoms with Crippen molar-refractivity contribution >= 4 is 23.2 Å². The molecule has 0 bridgehead atoms. The third-order valence-corrected chi connectivity index (χ3v) is 2.10. The highest BCUT2D eigenvalue weighted by molar-refractivity contribution is 5.73. The Hall–Kier alpha value is -2.11. The van der Waals surface area contributed by atoms with Gasteiger partial charge in [0.25, 0.3) is 5.56 Å². The SMILES string of the molecule is C/C=C/c1nc2c(=O)[nH]c(N)nc2n1C. The average molecular weight is 205 g/mol. The monoisotopic (exact) mass is 205 g/mol. The third kappa shape index (κ3) is 1.39. The van der Waals surface area contributed by atoms with Gasteiger partial charge in [-0.3, -0.25) is 9.78 Å². The second-order valence-electron chi connectivity index (χ2n) is 3.15. The summed E-state index contributed by atoms with van der Waals surface area (Å²) in [6.07, 6.45) is 3.65. The molecule has 0 amide bonds. The number of aryl methyl sites for hydroxylation is 1. The van der Waals surface area contributed by atoms with E-state index in [4.69, 9.17) is 5.73 Å². The first-order valence-corrected chi connectivity index (χ1v) is 4.48. The van der Waals surface area contributed by atoms with Gasteiger partial charge in [0.15, 0.2) is 11.2 Å². The summed E-state index contributed by atoms with van der Waals surface area (Å²) in [6.45, 7) is 1.88. The topological polar surface area (TPSA) is 89.6 Å². The van der Waals surface area contributed by atoms with Crippen LogP contribution in [0.1, 0.15) is 12.7 Å². The van der Waals surface area contributed by atoms with Crippen LogP contribution in [0.4, 0.5) is 5.95 Å². The molecule has 0 saturated carbocycles. The van der Waals surface area contributed by atoms with E-state index in [0.29, 0.717) is 17.0 Å². The Labute approximate surface area is 85.5 Å². The number of hydrogen-bond acceptors (Lipinski definition) is 4. The van der Waals surface area contributed by atoms with Crippen LogP contribution >= 0.6 is 0 Å². The Balaban J connectivity index is 2.88. The third-order valence-electron chi connectivity index (χ3n) is 2.10. The number of nitrogens with zero attached hydrogens (tertiary/aromatic N) is 3. The molecule has 0 radical (unpaired) electrons. The number of nitrogen functional groups attached to an aromatic ring is 1. The van der Waals surface area contributed by atoms with E-state index in [0.717, 1.165) is 0 Å². The fraction of sp³-hybridized carbons (Fsp3) is 0.222. The van der Waals surface area contributed by atoms with E-state index in [9.17, 15) is 4.79 Å². The molecule has 0 aliphatic carbocycles. The van der Waals surface area contributed by atoms with Gasteiger partial charge in [-0.25, -0.2) is 4.98 Å². The Bertz CT molecular complexity index is 592. The van der Waals surface area contributed by atoms with E-state index in [-0.39, 0.29) is 11.5 Å². The maximum atomic E-state index is 11.5. The number of hydrogen-bond donors (Lipinski definition) is 2. The van der Waals surface area contributed by atoms with E-state index >= 15 is 0 Å². The molecule has 6 nitrogen and oxygen atoms in total. The Morgan fingerprint density at radius 2 is 2.20 bits per heavy atom. The number of rotatable bonds is 1. The molecule has 0 aromatic carbocycles. The van der Waals surface area contributed by atoms with E-state index in [1.165, 1.54) is 0 Å². The van der Waals surface area contributed by atoms with E-state index in [1.807, 2.05) is 13.0 Å². The molecule has 0 fully saturated rings. The zero-order chi connectivity index (χ0) is 11.0. The number of imidazole rings is 1. The summed E-state index contributed by atoms with van der Waals surface area (Å²) >= 11 is 0. The molecule has 0 unspecified atom stereocenters. The van der Waals surface area contributed by atoms with Crippen LogP contribution in [0, 0.1) is 0 Å². The highest BCUT2D eigenvalue weighted by atomic mass is 16.1. The van der Waals surface area contributed by atoms with Crippen LogP contribution in [-0.2, 0) is 7.05 Å². The molecular formula is C9H11N5O. The largest absolute Gasteiger partial charge is 0.369 e. The van der Waals surface area contributed by atoms with Crippen molar-refractivity contribution in [3.8, 4) is 0 Å². The molecule has 0 saturated heterocycles. The lowest BCUT2D eigenvalue weighted by molar-refractivity contribution is 0.913. The van der Waals surface area contributed by atoms with Crippen molar-refractivity contribution in [2.45, 2.75) is 6.92 Å². The van der Waals surface area contributed by atoms with Crippen molar-refractivity contribution in [1.29, 1.82) is 0 Å². The summed E-state index contributed by atoms with van der Waals surface area (Å²) in [5.41, 5.74) is 5.93. The standard InChI is InChI=1S/C9H11N5O/c1-3-4-5-11-6-7(14(5)2)12-9(10)13-8(6)15/h3-4H,1-2H3,(H3,10,12,13,15)/b4-3+. The second-order valence-corrected chi connectivity index (χ2v) is 3.15. The number of nitrogens with one attached hydrogen (secondary N) is 1. The normalized spacial score (nSPS) is 11.6. The van der Waals surface area contributed by atoms with Crippen LogP contribution < -0.4 is 11.3 Å². The van der Waals surface area contributed by atoms with Gasteiger partial charge in [0, 0.05) is 7.05 Å². The van der Waals surface area contributed by atoms with Gasteiger partial charge in [0.05, 0.1) is 0 Å². The van der Waals surface area contributed by atoms with Crippen LogP contribution in [0.25, 0.3) is 17.2 Å². The van der Waals surface area contributed by atoms with Crippen molar-refractivity contribution < 1.29 is 0 Å². The molecule has 0 atom stereocenters. The Morgan fingerprint density at radius 1 is 1.47 bits per heavy atom. The van der Waals surface area contributed by atoms with Crippen LogP contribution in [0.15, 0.2) is 10.9 Å². The molecule has 3 N–H and O–H groups in total. The molecule has 0 spiro atoms. The van der Waals surface area contributed by atoms with Crippen molar-refractivity contribution in [3.63, 3.8) is 0 Å². The summed E-state index contributed by atoms with van der Waals surface area (Å²) in [5, 5.41) is 0. The maximum Gasteiger partial charge on any atom is 0.280 e. The zero-order valence-electron chi connectivity index (χ0n) is 8.48. The molecule has 2 rings (SSSR count). The predicted octanol–water partition coefficient (Wildman–Crippen LogP) is 0.272. The number of nitrogens with two attached hydrogens (primary N) is 1. The lowest BCUT2D eigenvalue weighted by atomic mass is 10.5. The molecule has 0 aliphatic rings. The molecule has 6 heteroatoms. The minimum atomic E-state index is -0.316. The lowest BCUT2D eigenvalue weighted by Crippen LogP contribution is -2.11. The van der Waals surface area contributed by atoms with Gasteiger partial charge in [-0.2, -0.15) is 4.98 Å². The zero-order valence-corrected chi connectivity index (χ0v) is 8.48. The highest BCUT2D eigenvalue weighted by Gasteiger charge is 2.10. The summed E-state index contributed by atoms with van der Waals surface area (Å²) in [7, 11) is 1.79. The maximum absolute atomic E-state index is 11.5. The molecule has 15 heavy (non-hydrogen) atoms. The minimum absolute atomic E-state index is 0.0996.